The lowest BCUT2D eigenvalue weighted by molar-refractivity contribution is -0.124. The van der Waals surface area contributed by atoms with Gasteiger partial charge < -0.3 is 10.5 Å². The lowest BCUT2D eigenvalue weighted by atomic mass is 9.84. The SMILES string of the molecule is NC(=O)[C@H]1CCO[C@@H]1C1CCN(Cc2ccncc2)CC1. The summed E-state index contributed by atoms with van der Waals surface area (Å²) in [4.78, 5) is 18.0. The first-order valence-corrected chi connectivity index (χ1v) is 7.76. The van der Waals surface area contributed by atoms with Gasteiger partial charge in [0.05, 0.1) is 12.0 Å². The molecule has 3 heterocycles. The van der Waals surface area contributed by atoms with E-state index >= 15 is 0 Å². The Bertz CT molecular complexity index is 472. The molecular formula is C16H23N3O2. The number of ether oxygens (including phenoxy) is 1. The third-order valence-corrected chi connectivity index (χ3v) is 4.75. The standard InChI is InChI=1S/C16H23N3O2/c17-16(20)14-5-10-21-15(14)13-3-8-19(9-4-13)11-12-1-6-18-7-2-12/h1-2,6-7,13-15H,3-5,8-11H2,(H2,17,20)/t14-,15+/m0/s1. The van der Waals surface area contributed by atoms with Crippen LogP contribution in [0.2, 0.25) is 0 Å². The van der Waals surface area contributed by atoms with E-state index in [1.165, 1.54) is 5.56 Å². The van der Waals surface area contributed by atoms with Gasteiger partial charge in [-0.3, -0.25) is 14.7 Å². The Morgan fingerprint density at radius 1 is 1.29 bits per heavy atom. The molecule has 2 N–H and O–H groups in total. The largest absolute Gasteiger partial charge is 0.377 e. The number of hydrogen-bond donors (Lipinski definition) is 1. The van der Waals surface area contributed by atoms with Crippen LogP contribution in [0.3, 0.4) is 0 Å². The number of aromatic nitrogens is 1. The molecule has 0 bridgehead atoms. The van der Waals surface area contributed by atoms with Gasteiger partial charge in [-0.1, -0.05) is 0 Å². The van der Waals surface area contributed by atoms with E-state index in [2.05, 4.69) is 22.0 Å². The number of amides is 1. The van der Waals surface area contributed by atoms with Crippen LogP contribution in [0.1, 0.15) is 24.8 Å². The van der Waals surface area contributed by atoms with Gasteiger partial charge >= 0.3 is 0 Å². The molecule has 2 fully saturated rings. The van der Waals surface area contributed by atoms with Crippen LogP contribution in [-0.4, -0.2) is 41.6 Å². The van der Waals surface area contributed by atoms with Crippen LogP contribution in [-0.2, 0) is 16.1 Å². The number of carbonyl (C=O) groups excluding carboxylic acids is 1. The van der Waals surface area contributed by atoms with Crippen molar-refractivity contribution in [2.24, 2.45) is 17.6 Å². The van der Waals surface area contributed by atoms with Crippen molar-refractivity contribution in [1.82, 2.24) is 9.88 Å². The molecular weight excluding hydrogens is 266 g/mol. The third kappa shape index (κ3) is 3.41. The predicted molar refractivity (Wildman–Crippen MR) is 79.3 cm³/mol. The van der Waals surface area contributed by atoms with Crippen molar-refractivity contribution in [3.05, 3.63) is 30.1 Å². The summed E-state index contributed by atoms with van der Waals surface area (Å²) in [5, 5.41) is 0. The molecule has 0 radical (unpaired) electrons. The number of nitrogens with zero attached hydrogens (tertiary/aromatic N) is 2. The fraction of sp³-hybridized carbons (Fsp3) is 0.625. The van der Waals surface area contributed by atoms with Crippen LogP contribution in [0, 0.1) is 11.8 Å². The van der Waals surface area contributed by atoms with Gasteiger partial charge in [-0.15, -0.1) is 0 Å². The number of nitrogens with two attached hydrogens (primary N) is 1. The first kappa shape index (κ1) is 14.5. The summed E-state index contributed by atoms with van der Waals surface area (Å²) >= 11 is 0. The van der Waals surface area contributed by atoms with Crippen molar-refractivity contribution < 1.29 is 9.53 Å². The Hall–Kier alpha value is -1.46. The normalized spacial score (nSPS) is 27.8. The van der Waals surface area contributed by atoms with Crippen molar-refractivity contribution in [2.75, 3.05) is 19.7 Å². The van der Waals surface area contributed by atoms with E-state index in [1.54, 1.807) is 0 Å². The van der Waals surface area contributed by atoms with E-state index in [0.717, 1.165) is 38.9 Å². The lowest BCUT2D eigenvalue weighted by Crippen LogP contribution is -2.41. The van der Waals surface area contributed by atoms with Gasteiger partial charge in [0.1, 0.15) is 0 Å². The van der Waals surface area contributed by atoms with Crippen LogP contribution in [0.25, 0.3) is 0 Å². The highest BCUT2D eigenvalue weighted by atomic mass is 16.5. The minimum Gasteiger partial charge on any atom is -0.377 e. The maximum Gasteiger partial charge on any atom is 0.223 e. The molecule has 0 unspecified atom stereocenters. The minimum atomic E-state index is -0.197. The van der Waals surface area contributed by atoms with Crippen molar-refractivity contribution in [3.8, 4) is 0 Å². The highest BCUT2D eigenvalue weighted by molar-refractivity contribution is 5.77. The maximum absolute atomic E-state index is 11.5. The number of likely N-dealkylation sites (tertiary alicyclic amines) is 1. The van der Waals surface area contributed by atoms with Crippen LogP contribution >= 0.6 is 0 Å². The molecule has 0 saturated carbocycles. The Kier molecular flexibility index (Phi) is 4.51. The Morgan fingerprint density at radius 3 is 2.67 bits per heavy atom. The minimum absolute atomic E-state index is 0.0468. The third-order valence-electron chi connectivity index (χ3n) is 4.75. The second-order valence-corrected chi connectivity index (χ2v) is 6.10. The second kappa shape index (κ2) is 6.54. The summed E-state index contributed by atoms with van der Waals surface area (Å²) in [6.45, 7) is 3.76. The van der Waals surface area contributed by atoms with E-state index in [1.807, 2.05) is 12.4 Å². The number of hydrogen-bond acceptors (Lipinski definition) is 4. The molecule has 0 aliphatic carbocycles. The molecule has 5 heteroatoms. The highest BCUT2D eigenvalue weighted by Crippen LogP contribution is 2.33. The summed E-state index contributed by atoms with van der Waals surface area (Å²) < 4.78 is 5.79. The maximum atomic E-state index is 11.5. The van der Waals surface area contributed by atoms with E-state index in [4.69, 9.17) is 10.5 Å². The van der Waals surface area contributed by atoms with E-state index < -0.39 is 0 Å². The fourth-order valence-corrected chi connectivity index (χ4v) is 3.57. The zero-order valence-corrected chi connectivity index (χ0v) is 12.3. The number of carbonyl (C=O) groups is 1. The molecule has 2 aliphatic rings. The summed E-state index contributed by atoms with van der Waals surface area (Å²) in [5.41, 5.74) is 6.79. The number of rotatable bonds is 4. The predicted octanol–water partition coefficient (Wildman–Crippen LogP) is 1.18. The Balaban J connectivity index is 1.52. The molecule has 0 spiro atoms. The zero-order valence-electron chi connectivity index (χ0n) is 12.3. The van der Waals surface area contributed by atoms with Gasteiger partial charge in [-0.05, 0) is 56.0 Å². The summed E-state index contributed by atoms with van der Waals surface area (Å²) in [5.74, 6) is 0.192. The molecule has 0 aromatic carbocycles. The van der Waals surface area contributed by atoms with Crippen LogP contribution in [0.4, 0.5) is 0 Å². The number of primary amides is 1. The Morgan fingerprint density at radius 2 is 2.00 bits per heavy atom. The zero-order chi connectivity index (χ0) is 14.7. The molecule has 1 aromatic heterocycles. The Labute approximate surface area is 125 Å². The van der Waals surface area contributed by atoms with Gasteiger partial charge in [0.2, 0.25) is 5.91 Å². The average molecular weight is 289 g/mol. The number of piperidine rings is 1. The van der Waals surface area contributed by atoms with Crippen molar-refractivity contribution in [2.45, 2.75) is 31.9 Å². The van der Waals surface area contributed by atoms with Gasteiger partial charge in [0.25, 0.3) is 0 Å². The van der Waals surface area contributed by atoms with Crippen LogP contribution < -0.4 is 5.73 Å². The first-order valence-electron chi connectivity index (χ1n) is 7.76. The van der Waals surface area contributed by atoms with Crippen molar-refractivity contribution >= 4 is 5.91 Å². The molecule has 3 rings (SSSR count). The molecule has 2 aliphatic heterocycles. The molecule has 1 amide bonds. The molecule has 1 aromatic rings. The summed E-state index contributed by atoms with van der Waals surface area (Å²) in [6.07, 6.45) is 6.68. The molecule has 114 valence electrons. The lowest BCUT2D eigenvalue weighted by Gasteiger charge is -2.35. The van der Waals surface area contributed by atoms with Gasteiger partial charge in [-0.25, -0.2) is 0 Å². The van der Waals surface area contributed by atoms with Crippen LogP contribution in [0.15, 0.2) is 24.5 Å². The molecule has 2 saturated heterocycles. The van der Waals surface area contributed by atoms with Gasteiger partial charge in [0, 0.05) is 25.5 Å². The van der Waals surface area contributed by atoms with Gasteiger partial charge in [0.15, 0.2) is 0 Å². The van der Waals surface area contributed by atoms with Crippen LogP contribution in [0.5, 0.6) is 0 Å². The first-order chi connectivity index (χ1) is 10.2. The van der Waals surface area contributed by atoms with Crippen molar-refractivity contribution in [1.29, 1.82) is 0 Å². The fourth-order valence-electron chi connectivity index (χ4n) is 3.57. The summed E-state index contributed by atoms with van der Waals surface area (Å²) in [7, 11) is 0. The van der Waals surface area contributed by atoms with E-state index in [-0.39, 0.29) is 17.9 Å². The van der Waals surface area contributed by atoms with Crippen molar-refractivity contribution in [3.63, 3.8) is 0 Å². The molecule has 5 nitrogen and oxygen atoms in total. The quantitative estimate of drug-likeness (QED) is 0.904. The average Bonchev–Trinajstić information content (AvgIpc) is 2.99. The molecule has 2 atom stereocenters. The smallest absolute Gasteiger partial charge is 0.223 e. The monoisotopic (exact) mass is 289 g/mol. The topological polar surface area (TPSA) is 68.5 Å². The second-order valence-electron chi connectivity index (χ2n) is 6.10. The molecule has 21 heavy (non-hydrogen) atoms. The van der Waals surface area contributed by atoms with Gasteiger partial charge in [-0.2, -0.15) is 0 Å². The summed E-state index contributed by atoms with van der Waals surface area (Å²) in [6, 6.07) is 4.13. The number of pyridine rings is 1. The highest BCUT2D eigenvalue weighted by Gasteiger charge is 2.39. The van der Waals surface area contributed by atoms with E-state index in [0.29, 0.717) is 12.5 Å². The van der Waals surface area contributed by atoms with E-state index in [9.17, 15) is 4.79 Å².